The molecule has 3 nitrogen and oxygen atoms in total. The smallest absolute Gasteiger partial charge is 0.357 e. The Morgan fingerprint density at radius 1 is 0.837 bits per heavy atom. The number of aryl methyl sites for hydroxylation is 1. The van der Waals surface area contributed by atoms with E-state index in [9.17, 15) is 0 Å². The predicted octanol–water partition coefficient (Wildman–Crippen LogP) is 6.77. The molecule has 0 amide bonds. The van der Waals surface area contributed by atoms with E-state index in [1.54, 1.807) is 0 Å². The van der Waals surface area contributed by atoms with Crippen molar-refractivity contribution in [2.45, 2.75) is 46.6 Å². The van der Waals surface area contributed by atoms with Crippen LogP contribution in [0.3, 0.4) is 0 Å². The monoisotopic (exact) mass is 757 g/mol. The van der Waals surface area contributed by atoms with Crippen molar-refractivity contribution in [1.82, 2.24) is 0 Å². The lowest BCUT2D eigenvalue weighted by molar-refractivity contribution is -0.667. The third-order valence-electron chi connectivity index (χ3n) is 8.84. The SMILES string of the molecule is CC[N+]1=C2C=CC=CC2/C(=C/C=C/C(=C/C=C/c2cc[n+](CC)c3ccccc23)Oc2ccc([I+]c3ccc(C(C)(C)C)cc3)cc2)C=C1. The van der Waals surface area contributed by atoms with Gasteiger partial charge in [0.1, 0.15) is 24.6 Å². The van der Waals surface area contributed by atoms with Gasteiger partial charge in [-0.1, -0.05) is 87.6 Å². The predicted molar refractivity (Wildman–Crippen MR) is 200 cm³/mol. The number of ether oxygens (including phenoxy) is 1. The van der Waals surface area contributed by atoms with Gasteiger partial charge in [-0.2, -0.15) is 4.57 Å². The van der Waals surface area contributed by atoms with E-state index in [4.69, 9.17) is 4.74 Å². The van der Waals surface area contributed by atoms with Gasteiger partial charge in [0, 0.05) is 24.3 Å². The largest absolute Gasteiger partial charge is 0.457 e. The Balaban J connectivity index is 1.24. The summed E-state index contributed by atoms with van der Waals surface area (Å²) in [6, 6.07) is 28.5. The number of pyridine rings is 1. The highest BCUT2D eigenvalue weighted by Crippen LogP contribution is 2.25. The lowest BCUT2D eigenvalue weighted by Gasteiger charge is -2.18. The minimum Gasteiger partial charge on any atom is -0.457 e. The fraction of sp³-hybridized carbons (Fsp3) is 0.200. The van der Waals surface area contributed by atoms with Gasteiger partial charge in [0.15, 0.2) is 25.2 Å². The number of rotatable bonds is 10. The maximum Gasteiger partial charge on any atom is 0.357 e. The van der Waals surface area contributed by atoms with Crippen LogP contribution < -0.4 is 30.5 Å². The molecule has 0 radical (unpaired) electrons. The Bertz CT molecular complexity index is 2050. The summed E-state index contributed by atoms with van der Waals surface area (Å²) in [6.07, 6.45) is 28.0. The van der Waals surface area contributed by atoms with Crippen molar-refractivity contribution in [3.63, 3.8) is 0 Å². The molecule has 0 spiro atoms. The van der Waals surface area contributed by atoms with Crippen LogP contribution in [0.5, 0.6) is 5.75 Å². The molecule has 0 saturated carbocycles. The van der Waals surface area contributed by atoms with Crippen LogP contribution in [0.15, 0.2) is 163 Å². The number of para-hydroxylation sites is 1. The van der Waals surface area contributed by atoms with E-state index in [1.807, 2.05) is 0 Å². The third kappa shape index (κ3) is 8.55. The molecular weight excluding hydrogens is 711 g/mol. The van der Waals surface area contributed by atoms with Crippen LogP contribution in [0.1, 0.15) is 45.7 Å². The molecule has 0 saturated heterocycles. The first kappa shape index (κ1) is 34.3. The number of halogens is 1. The van der Waals surface area contributed by atoms with E-state index < -0.39 is 0 Å². The van der Waals surface area contributed by atoms with Crippen molar-refractivity contribution in [3.8, 4) is 5.75 Å². The molecule has 0 bridgehead atoms. The molecular formula is C45H46IN2O+3. The molecule has 2 aliphatic rings. The molecule has 6 rings (SSSR count). The highest BCUT2D eigenvalue weighted by atomic mass is 127. The van der Waals surface area contributed by atoms with E-state index in [-0.39, 0.29) is 32.5 Å². The zero-order chi connectivity index (χ0) is 34.2. The summed E-state index contributed by atoms with van der Waals surface area (Å²) in [5, 5.41) is 1.23. The van der Waals surface area contributed by atoms with Crippen LogP contribution in [0.2, 0.25) is 0 Å². The molecule has 246 valence electrons. The van der Waals surface area contributed by atoms with E-state index in [1.165, 1.54) is 40.5 Å². The first-order valence-corrected chi connectivity index (χ1v) is 19.4. The van der Waals surface area contributed by atoms with E-state index >= 15 is 0 Å². The second-order valence-corrected chi connectivity index (χ2v) is 16.2. The fourth-order valence-corrected chi connectivity index (χ4v) is 8.25. The molecule has 1 aliphatic heterocycles. The van der Waals surface area contributed by atoms with Gasteiger partial charge >= 0.3 is 21.2 Å². The zero-order valence-corrected chi connectivity index (χ0v) is 31.3. The van der Waals surface area contributed by atoms with Gasteiger partial charge in [-0.3, -0.25) is 0 Å². The van der Waals surface area contributed by atoms with Crippen molar-refractivity contribution in [2.24, 2.45) is 5.92 Å². The molecule has 49 heavy (non-hydrogen) atoms. The molecule has 1 aromatic heterocycles. The van der Waals surface area contributed by atoms with Gasteiger partial charge in [0.25, 0.3) is 0 Å². The number of aromatic nitrogens is 1. The van der Waals surface area contributed by atoms with Gasteiger partial charge in [-0.15, -0.1) is 0 Å². The van der Waals surface area contributed by atoms with Gasteiger partial charge in [0.2, 0.25) is 5.52 Å². The van der Waals surface area contributed by atoms with Gasteiger partial charge in [0.05, 0.1) is 11.3 Å². The number of benzene rings is 3. The standard InChI is InChI=1S/C45H46IN2O/c1-6-47-32-30-34(41-18-8-10-20-43(41)47)14-12-16-39(17-13-15-35-31-33-48(7-2)44-21-11-9-19-42(35)44)49-40-28-26-38(27-29-40)46-37-24-22-36(23-25-37)45(3,4)5/h8-33,41H,6-7H2,1-5H3/q+3/b15-13+,16-12+,34-14+,39-17-. The van der Waals surface area contributed by atoms with Crippen LogP contribution in [0.25, 0.3) is 17.0 Å². The second-order valence-electron chi connectivity index (χ2n) is 13.2. The van der Waals surface area contributed by atoms with Crippen molar-refractivity contribution in [2.75, 3.05) is 6.54 Å². The molecule has 4 heteroatoms. The maximum absolute atomic E-state index is 6.51. The van der Waals surface area contributed by atoms with Gasteiger partial charge < -0.3 is 4.74 Å². The number of nitrogens with zero attached hydrogens (tertiary/aromatic N) is 2. The summed E-state index contributed by atoms with van der Waals surface area (Å²) in [5.41, 5.74) is 6.53. The minimum absolute atomic E-state index is 0.169. The third-order valence-corrected chi connectivity index (χ3v) is 11.5. The highest BCUT2D eigenvalue weighted by molar-refractivity contribution is 5.98. The quantitative estimate of drug-likeness (QED) is 0.0756. The maximum atomic E-state index is 6.51. The van der Waals surface area contributed by atoms with Crippen LogP contribution in [0, 0.1) is 13.1 Å². The molecule has 0 fully saturated rings. The first-order chi connectivity index (χ1) is 23.8. The summed E-state index contributed by atoms with van der Waals surface area (Å²) >= 11 is -0.266. The van der Waals surface area contributed by atoms with Gasteiger partial charge in [-0.25, -0.2) is 4.58 Å². The Morgan fingerprint density at radius 3 is 2.33 bits per heavy atom. The Morgan fingerprint density at radius 2 is 1.59 bits per heavy atom. The zero-order valence-electron chi connectivity index (χ0n) is 29.2. The second kappa shape index (κ2) is 15.8. The van der Waals surface area contributed by atoms with E-state index in [0.29, 0.717) is 0 Å². The first-order valence-electron chi connectivity index (χ1n) is 17.2. The molecule has 1 aliphatic carbocycles. The average molecular weight is 758 g/mol. The topological polar surface area (TPSA) is 16.1 Å². The van der Waals surface area contributed by atoms with Crippen molar-refractivity contribution in [3.05, 3.63) is 182 Å². The van der Waals surface area contributed by atoms with Gasteiger partial charge in [-0.05, 0) is 90.6 Å². The average Bonchev–Trinajstić information content (AvgIpc) is 3.12. The van der Waals surface area contributed by atoms with Crippen LogP contribution >= 0.6 is 0 Å². The lowest BCUT2D eigenvalue weighted by atomic mass is 9.87. The van der Waals surface area contributed by atoms with Crippen molar-refractivity contribution in [1.29, 1.82) is 0 Å². The molecule has 3 aromatic carbocycles. The van der Waals surface area contributed by atoms with Crippen LogP contribution in [-0.2, 0) is 12.0 Å². The van der Waals surface area contributed by atoms with E-state index in [0.717, 1.165) is 24.6 Å². The summed E-state index contributed by atoms with van der Waals surface area (Å²) in [6.45, 7) is 13.0. The Labute approximate surface area is 302 Å². The lowest BCUT2D eigenvalue weighted by Crippen LogP contribution is -3.61. The number of allylic oxidation sites excluding steroid dienone is 11. The fourth-order valence-electron chi connectivity index (χ4n) is 6.10. The summed E-state index contributed by atoms with van der Waals surface area (Å²) < 4.78 is 13.9. The summed E-state index contributed by atoms with van der Waals surface area (Å²) in [7, 11) is 0. The molecule has 2 heterocycles. The van der Waals surface area contributed by atoms with Crippen LogP contribution in [-0.4, -0.2) is 16.8 Å². The Kier molecular flexibility index (Phi) is 11.0. The molecule has 0 N–H and O–H groups in total. The van der Waals surface area contributed by atoms with Crippen LogP contribution in [0.4, 0.5) is 0 Å². The normalized spacial score (nSPS) is 17.2. The number of fused-ring (bicyclic) bond motifs is 2. The molecule has 1 unspecified atom stereocenters. The minimum atomic E-state index is -0.266. The molecule has 4 aromatic rings. The number of hydrogen-bond donors (Lipinski definition) is 0. The Hall–Kier alpha value is -4.55. The van der Waals surface area contributed by atoms with Crippen molar-refractivity contribution < 1.29 is 35.1 Å². The highest BCUT2D eigenvalue weighted by Gasteiger charge is 2.27. The molecule has 1 atom stereocenters. The van der Waals surface area contributed by atoms with E-state index in [2.05, 4.69) is 202 Å². The number of hydrogen-bond acceptors (Lipinski definition) is 1. The summed E-state index contributed by atoms with van der Waals surface area (Å²) in [4.78, 5) is 0. The summed E-state index contributed by atoms with van der Waals surface area (Å²) in [5.74, 6) is 1.86. The van der Waals surface area contributed by atoms with Crippen molar-refractivity contribution >= 4 is 22.7 Å².